The Hall–Kier alpha value is -2.93. The van der Waals surface area contributed by atoms with Gasteiger partial charge in [-0.1, -0.05) is 70.7 Å². The summed E-state index contributed by atoms with van der Waals surface area (Å²) in [5, 5.41) is 5.10. The molecule has 2 heterocycles. The van der Waals surface area contributed by atoms with Crippen LogP contribution in [0.2, 0.25) is 20.1 Å². The van der Waals surface area contributed by atoms with Gasteiger partial charge in [0, 0.05) is 55.1 Å². The van der Waals surface area contributed by atoms with Crippen LogP contribution < -0.4 is 10.2 Å². The van der Waals surface area contributed by atoms with Gasteiger partial charge in [-0.05, 0) is 60.2 Å². The molecule has 5 nitrogen and oxygen atoms in total. The lowest BCUT2D eigenvalue weighted by Gasteiger charge is -2.36. The fraction of sp³-hybridized carbons (Fsp3) is 0.167. The summed E-state index contributed by atoms with van der Waals surface area (Å²) in [5.74, 6) is 0.776. The number of rotatable bonds is 7. The van der Waals surface area contributed by atoms with Gasteiger partial charge in [0.25, 0.3) is 0 Å². The minimum Gasteiger partial charge on any atom is -0.457 e. The van der Waals surface area contributed by atoms with Gasteiger partial charge < -0.3 is 14.6 Å². The van der Waals surface area contributed by atoms with E-state index in [9.17, 15) is 4.79 Å². The second-order valence-electron chi connectivity index (χ2n) is 9.15. The molecule has 0 radical (unpaired) electrons. The first kappa shape index (κ1) is 27.6. The van der Waals surface area contributed by atoms with E-state index in [-0.39, 0.29) is 5.91 Å². The molecule has 3 aromatic carbocycles. The summed E-state index contributed by atoms with van der Waals surface area (Å²) < 4.78 is 5.81. The largest absolute Gasteiger partial charge is 0.457 e. The Kier molecular flexibility index (Phi) is 8.85. The van der Waals surface area contributed by atoms with Gasteiger partial charge in [0.2, 0.25) is 5.91 Å². The number of carbonyl (C=O) groups excluding carboxylic acids is 1. The number of amides is 1. The highest BCUT2D eigenvalue weighted by atomic mass is 35.5. The lowest BCUT2D eigenvalue weighted by molar-refractivity contribution is -0.111. The van der Waals surface area contributed by atoms with Crippen molar-refractivity contribution < 1.29 is 9.21 Å². The first-order valence-corrected chi connectivity index (χ1v) is 13.9. The molecule has 0 aliphatic carbocycles. The maximum Gasteiger partial charge on any atom is 0.248 e. The van der Waals surface area contributed by atoms with Crippen LogP contribution in [0.4, 0.5) is 11.4 Å². The Balaban J connectivity index is 1.16. The number of furan rings is 1. The van der Waals surface area contributed by atoms with Crippen LogP contribution in [-0.2, 0) is 11.3 Å². The summed E-state index contributed by atoms with van der Waals surface area (Å²) in [6.45, 7) is 4.34. The van der Waals surface area contributed by atoms with E-state index in [4.69, 9.17) is 50.8 Å². The standard InChI is InChI=1S/C30H25Cl4N3O2/c31-24-6-2-1-4-20(24)19-36-14-16-37(17-15-36)27-11-8-21(18-26(27)33)35-29(38)13-10-22-9-12-28(39-22)23-5-3-7-25(32)30(23)34/h1-13,18H,14-17,19H2,(H,35,38). The molecule has 0 unspecified atom stereocenters. The summed E-state index contributed by atoms with van der Waals surface area (Å²) in [6, 6.07) is 22.4. The maximum atomic E-state index is 12.5. The Labute approximate surface area is 247 Å². The maximum absolute atomic E-state index is 12.5. The fourth-order valence-electron chi connectivity index (χ4n) is 4.48. The van der Waals surface area contributed by atoms with Crippen LogP contribution in [0.3, 0.4) is 0 Å². The van der Waals surface area contributed by atoms with Crippen molar-refractivity contribution in [2.45, 2.75) is 6.54 Å². The molecule has 1 saturated heterocycles. The summed E-state index contributed by atoms with van der Waals surface area (Å²) in [6.07, 6.45) is 3.00. The molecule has 0 spiro atoms. The monoisotopic (exact) mass is 599 g/mol. The number of benzene rings is 3. The molecule has 0 bridgehead atoms. The van der Waals surface area contributed by atoms with E-state index in [0.717, 1.165) is 49.0 Å². The zero-order valence-electron chi connectivity index (χ0n) is 20.8. The van der Waals surface area contributed by atoms with E-state index < -0.39 is 0 Å². The van der Waals surface area contributed by atoms with Gasteiger partial charge in [-0.2, -0.15) is 0 Å². The number of hydrogen-bond donors (Lipinski definition) is 1. The molecular weight excluding hydrogens is 576 g/mol. The highest BCUT2D eigenvalue weighted by molar-refractivity contribution is 6.43. The van der Waals surface area contributed by atoms with E-state index in [1.165, 1.54) is 6.08 Å². The molecule has 1 aliphatic heterocycles. The molecular formula is C30H25Cl4N3O2. The quantitative estimate of drug-likeness (QED) is 0.216. The predicted molar refractivity (Wildman–Crippen MR) is 162 cm³/mol. The van der Waals surface area contributed by atoms with Crippen molar-refractivity contribution in [2.24, 2.45) is 0 Å². The number of nitrogens with one attached hydrogen (secondary N) is 1. The van der Waals surface area contributed by atoms with Crippen LogP contribution in [0.25, 0.3) is 17.4 Å². The van der Waals surface area contributed by atoms with Crippen molar-refractivity contribution in [2.75, 3.05) is 36.4 Å². The molecule has 0 atom stereocenters. The normalized spacial score (nSPS) is 14.2. The summed E-state index contributed by atoms with van der Waals surface area (Å²) in [5.41, 5.74) is 3.38. The second kappa shape index (κ2) is 12.5. The number of halogens is 4. The number of hydrogen-bond acceptors (Lipinski definition) is 4. The van der Waals surface area contributed by atoms with Gasteiger partial charge in [0.15, 0.2) is 0 Å². The number of anilines is 2. The van der Waals surface area contributed by atoms with Gasteiger partial charge >= 0.3 is 0 Å². The Morgan fingerprint density at radius 2 is 1.62 bits per heavy atom. The van der Waals surface area contributed by atoms with Crippen LogP contribution in [0.5, 0.6) is 0 Å². The first-order chi connectivity index (χ1) is 18.9. The Bertz CT molecular complexity index is 1510. The van der Waals surface area contributed by atoms with Gasteiger partial charge in [-0.3, -0.25) is 9.69 Å². The van der Waals surface area contributed by atoms with Crippen molar-refractivity contribution in [1.29, 1.82) is 0 Å². The topological polar surface area (TPSA) is 48.7 Å². The molecule has 0 saturated carbocycles. The number of piperazine rings is 1. The molecule has 1 N–H and O–H groups in total. The zero-order chi connectivity index (χ0) is 27.4. The smallest absolute Gasteiger partial charge is 0.248 e. The molecule has 9 heteroatoms. The first-order valence-electron chi connectivity index (χ1n) is 12.4. The lowest BCUT2D eigenvalue weighted by Crippen LogP contribution is -2.46. The number of carbonyl (C=O) groups is 1. The third-order valence-electron chi connectivity index (χ3n) is 6.52. The molecule has 200 valence electrons. The lowest BCUT2D eigenvalue weighted by atomic mass is 10.2. The highest BCUT2D eigenvalue weighted by Crippen LogP contribution is 2.34. The van der Waals surface area contributed by atoms with Crippen LogP contribution in [-0.4, -0.2) is 37.0 Å². The summed E-state index contributed by atoms with van der Waals surface area (Å²) in [7, 11) is 0. The van der Waals surface area contributed by atoms with E-state index in [1.807, 2.05) is 36.4 Å². The van der Waals surface area contributed by atoms with Crippen LogP contribution in [0, 0.1) is 0 Å². The van der Waals surface area contributed by atoms with Crippen molar-refractivity contribution in [3.63, 3.8) is 0 Å². The minimum absolute atomic E-state index is 0.300. The Morgan fingerprint density at radius 3 is 2.38 bits per heavy atom. The van der Waals surface area contributed by atoms with Crippen molar-refractivity contribution in [3.8, 4) is 11.3 Å². The summed E-state index contributed by atoms with van der Waals surface area (Å²) in [4.78, 5) is 17.2. The molecule has 1 aliphatic rings. The molecule has 5 rings (SSSR count). The average Bonchev–Trinajstić information content (AvgIpc) is 3.40. The van der Waals surface area contributed by atoms with Crippen molar-refractivity contribution in [3.05, 3.63) is 110 Å². The average molecular weight is 601 g/mol. The van der Waals surface area contributed by atoms with Crippen molar-refractivity contribution >= 4 is 69.8 Å². The van der Waals surface area contributed by atoms with Crippen LogP contribution >= 0.6 is 46.4 Å². The molecule has 39 heavy (non-hydrogen) atoms. The van der Waals surface area contributed by atoms with Gasteiger partial charge in [0.1, 0.15) is 11.5 Å². The minimum atomic E-state index is -0.300. The van der Waals surface area contributed by atoms with Gasteiger partial charge in [-0.15, -0.1) is 0 Å². The fourth-order valence-corrected chi connectivity index (χ4v) is 5.37. The Morgan fingerprint density at radius 1 is 0.846 bits per heavy atom. The zero-order valence-corrected chi connectivity index (χ0v) is 23.9. The highest BCUT2D eigenvalue weighted by Gasteiger charge is 2.20. The van der Waals surface area contributed by atoms with Gasteiger partial charge in [-0.25, -0.2) is 0 Å². The van der Waals surface area contributed by atoms with E-state index in [2.05, 4.69) is 21.2 Å². The predicted octanol–water partition coefficient (Wildman–Crippen LogP) is 8.53. The van der Waals surface area contributed by atoms with Crippen molar-refractivity contribution in [1.82, 2.24) is 4.90 Å². The number of nitrogens with zero attached hydrogens (tertiary/aromatic N) is 2. The molecule has 1 fully saturated rings. The van der Waals surface area contributed by atoms with E-state index in [1.54, 1.807) is 36.4 Å². The molecule has 1 aromatic heterocycles. The van der Waals surface area contributed by atoms with Crippen LogP contribution in [0.15, 0.2) is 83.3 Å². The summed E-state index contributed by atoms with van der Waals surface area (Å²) >= 11 is 25.3. The van der Waals surface area contributed by atoms with E-state index in [0.29, 0.717) is 37.8 Å². The van der Waals surface area contributed by atoms with Crippen LogP contribution in [0.1, 0.15) is 11.3 Å². The third-order valence-corrected chi connectivity index (χ3v) is 8.01. The van der Waals surface area contributed by atoms with E-state index >= 15 is 0 Å². The molecule has 4 aromatic rings. The third kappa shape index (κ3) is 6.81. The van der Waals surface area contributed by atoms with Gasteiger partial charge in [0.05, 0.1) is 20.8 Å². The molecule has 1 amide bonds. The second-order valence-corrected chi connectivity index (χ2v) is 10.7. The SMILES string of the molecule is O=C(C=Cc1ccc(-c2cccc(Cl)c2Cl)o1)Nc1ccc(N2CCN(Cc3ccccc3Cl)CC2)c(Cl)c1.